The Bertz CT molecular complexity index is 528. The van der Waals surface area contributed by atoms with Crippen LogP contribution in [0, 0.1) is 0 Å². The quantitative estimate of drug-likeness (QED) is 0.775. The van der Waals surface area contributed by atoms with Gasteiger partial charge in [0.05, 0.1) is 12.7 Å². The number of aromatic amines is 1. The minimum Gasteiger partial charge on any atom is -0.394 e. The zero-order valence-electron chi connectivity index (χ0n) is 8.60. The van der Waals surface area contributed by atoms with Crippen molar-refractivity contribution in [1.29, 1.82) is 0 Å². The lowest BCUT2D eigenvalue weighted by atomic mass is 10.2. The number of nitrogens with zero attached hydrogens (tertiary/aromatic N) is 1. The lowest BCUT2D eigenvalue weighted by Crippen LogP contribution is -2.34. The molecule has 2 heterocycles. The molecule has 0 unspecified atom stereocenters. The van der Waals surface area contributed by atoms with Crippen molar-refractivity contribution in [3.63, 3.8) is 0 Å². The fourth-order valence-corrected chi connectivity index (χ4v) is 1.87. The molecule has 6 nitrogen and oxygen atoms in total. The lowest BCUT2D eigenvalue weighted by Gasteiger charge is -2.15. The average Bonchev–Trinajstić information content (AvgIpc) is 2.65. The van der Waals surface area contributed by atoms with Crippen LogP contribution in [0.3, 0.4) is 0 Å². The van der Waals surface area contributed by atoms with Crippen molar-refractivity contribution in [2.75, 3.05) is 6.61 Å². The van der Waals surface area contributed by atoms with Crippen LogP contribution in [0.2, 0.25) is 5.02 Å². The second-order valence-corrected chi connectivity index (χ2v) is 4.13. The first kappa shape index (κ1) is 12.3. The molecule has 1 saturated heterocycles. The summed E-state index contributed by atoms with van der Waals surface area (Å²) in [6.07, 6.45) is -2.25. The first-order chi connectivity index (χ1) is 8.02. The van der Waals surface area contributed by atoms with Gasteiger partial charge in [0.1, 0.15) is 11.2 Å². The second-order valence-electron chi connectivity index (χ2n) is 3.73. The molecule has 1 aliphatic heterocycles. The van der Waals surface area contributed by atoms with Crippen LogP contribution in [0.25, 0.3) is 0 Å². The van der Waals surface area contributed by atoms with Crippen LogP contribution in [0.4, 0.5) is 4.39 Å². The largest absolute Gasteiger partial charge is 0.394 e. The SMILES string of the molecule is O=c1[nH]c(=O)n([C@@H]2O[C@H](CO)C[C@@H]2F)cc1Cl. The van der Waals surface area contributed by atoms with E-state index in [0.29, 0.717) is 0 Å². The smallest absolute Gasteiger partial charge is 0.330 e. The topological polar surface area (TPSA) is 84.3 Å². The van der Waals surface area contributed by atoms with E-state index in [4.69, 9.17) is 21.4 Å². The summed E-state index contributed by atoms with van der Waals surface area (Å²) >= 11 is 5.55. The molecule has 0 radical (unpaired) electrons. The molecule has 17 heavy (non-hydrogen) atoms. The molecule has 2 N–H and O–H groups in total. The highest BCUT2D eigenvalue weighted by Crippen LogP contribution is 2.30. The molecule has 2 rings (SSSR count). The van der Waals surface area contributed by atoms with E-state index in [1.165, 1.54) is 0 Å². The molecule has 0 spiro atoms. The zero-order chi connectivity index (χ0) is 12.6. The van der Waals surface area contributed by atoms with Crippen LogP contribution in [0.1, 0.15) is 12.6 Å². The number of H-pyrrole nitrogens is 1. The second kappa shape index (κ2) is 4.59. The van der Waals surface area contributed by atoms with Crippen LogP contribution < -0.4 is 11.2 Å². The summed E-state index contributed by atoms with van der Waals surface area (Å²) in [5.41, 5.74) is -1.54. The summed E-state index contributed by atoms with van der Waals surface area (Å²) in [5.74, 6) is 0. The highest BCUT2D eigenvalue weighted by atomic mass is 35.5. The van der Waals surface area contributed by atoms with Gasteiger partial charge in [-0.15, -0.1) is 0 Å². The molecule has 0 bridgehead atoms. The molecule has 0 aliphatic carbocycles. The lowest BCUT2D eigenvalue weighted by molar-refractivity contribution is -0.0394. The number of hydrogen-bond donors (Lipinski definition) is 2. The van der Waals surface area contributed by atoms with Crippen LogP contribution in [0.15, 0.2) is 15.8 Å². The predicted molar refractivity (Wildman–Crippen MR) is 56.8 cm³/mol. The Kier molecular flexibility index (Phi) is 3.32. The Balaban J connectivity index is 2.38. The molecule has 8 heteroatoms. The predicted octanol–water partition coefficient (Wildman–Crippen LogP) is -0.192. The maximum Gasteiger partial charge on any atom is 0.330 e. The third-order valence-electron chi connectivity index (χ3n) is 2.53. The molecule has 1 aliphatic rings. The zero-order valence-corrected chi connectivity index (χ0v) is 9.35. The normalized spacial score (nSPS) is 28.5. The average molecular weight is 265 g/mol. The van der Waals surface area contributed by atoms with Gasteiger partial charge in [-0.3, -0.25) is 14.3 Å². The van der Waals surface area contributed by atoms with E-state index in [-0.39, 0.29) is 18.1 Å². The van der Waals surface area contributed by atoms with Crippen molar-refractivity contribution >= 4 is 11.6 Å². The first-order valence-corrected chi connectivity index (χ1v) is 5.32. The van der Waals surface area contributed by atoms with Gasteiger partial charge in [-0.25, -0.2) is 9.18 Å². The van der Waals surface area contributed by atoms with Crippen molar-refractivity contribution in [1.82, 2.24) is 9.55 Å². The summed E-state index contributed by atoms with van der Waals surface area (Å²) in [6.45, 7) is -0.331. The van der Waals surface area contributed by atoms with E-state index in [0.717, 1.165) is 10.8 Å². The fraction of sp³-hybridized carbons (Fsp3) is 0.556. The minimum absolute atomic E-state index is 0.00957. The van der Waals surface area contributed by atoms with Crippen LogP contribution in [-0.4, -0.2) is 33.5 Å². The minimum atomic E-state index is -1.44. The molecule has 1 aromatic rings. The fourth-order valence-electron chi connectivity index (χ4n) is 1.71. The molecule has 0 aromatic carbocycles. The molecule has 1 fully saturated rings. The molecular weight excluding hydrogens is 255 g/mol. The molecule has 94 valence electrons. The van der Waals surface area contributed by atoms with Crippen LogP contribution >= 0.6 is 11.6 Å². The Hall–Kier alpha value is -1.18. The number of halogens is 2. The van der Waals surface area contributed by atoms with Gasteiger partial charge in [0.25, 0.3) is 5.56 Å². The number of nitrogens with one attached hydrogen (secondary N) is 1. The van der Waals surface area contributed by atoms with Gasteiger partial charge < -0.3 is 9.84 Å². The van der Waals surface area contributed by atoms with Crippen LogP contribution in [-0.2, 0) is 4.74 Å². The van der Waals surface area contributed by atoms with E-state index in [9.17, 15) is 14.0 Å². The number of rotatable bonds is 2. The number of ether oxygens (including phenoxy) is 1. The monoisotopic (exact) mass is 264 g/mol. The van der Waals surface area contributed by atoms with Crippen molar-refractivity contribution < 1.29 is 14.2 Å². The van der Waals surface area contributed by atoms with Crippen molar-refractivity contribution in [3.8, 4) is 0 Å². The van der Waals surface area contributed by atoms with Gasteiger partial charge >= 0.3 is 5.69 Å². The molecule has 0 saturated carbocycles. The van der Waals surface area contributed by atoms with Crippen molar-refractivity contribution in [2.24, 2.45) is 0 Å². The van der Waals surface area contributed by atoms with E-state index in [1.54, 1.807) is 0 Å². The van der Waals surface area contributed by atoms with Gasteiger partial charge in [0.15, 0.2) is 6.23 Å². The number of aliphatic hydroxyl groups excluding tert-OH is 1. The highest BCUT2D eigenvalue weighted by Gasteiger charge is 2.37. The summed E-state index contributed by atoms with van der Waals surface area (Å²) in [7, 11) is 0. The molecule has 1 aromatic heterocycles. The molecular formula is C9H10ClFN2O4. The Labute approximate surface area is 99.6 Å². The van der Waals surface area contributed by atoms with Gasteiger partial charge in [0, 0.05) is 12.6 Å². The van der Waals surface area contributed by atoms with E-state index >= 15 is 0 Å². The summed E-state index contributed by atoms with van der Waals surface area (Å²) in [5, 5.41) is 8.62. The molecule has 3 atom stereocenters. The van der Waals surface area contributed by atoms with Gasteiger partial charge in [-0.1, -0.05) is 11.6 Å². The van der Waals surface area contributed by atoms with Gasteiger partial charge in [0.2, 0.25) is 0 Å². The van der Waals surface area contributed by atoms with E-state index < -0.39 is 29.8 Å². The maximum absolute atomic E-state index is 13.6. The highest BCUT2D eigenvalue weighted by molar-refractivity contribution is 6.30. The van der Waals surface area contributed by atoms with Crippen molar-refractivity contribution in [2.45, 2.75) is 24.9 Å². The van der Waals surface area contributed by atoms with Gasteiger partial charge in [-0.05, 0) is 0 Å². The molecule has 0 amide bonds. The number of aliphatic hydroxyl groups is 1. The van der Waals surface area contributed by atoms with Crippen molar-refractivity contribution in [3.05, 3.63) is 32.1 Å². The Morgan fingerprint density at radius 3 is 2.94 bits per heavy atom. The summed E-state index contributed by atoms with van der Waals surface area (Å²) in [4.78, 5) is 24.4. The first-order valence-electron chi connectivity index (χ1n) is 4.94. The third kappa shape index (κ3) is 2.26. The van der Waals surface area contributed by atoms with E-state index in [1.807, 2.05) is 4.98 Å². The third-order valence-corrected chi connectivity index (χ3v) is 2.80. The Morgan fingerprint density at radius 1 is 1.65 bits per heavy atom. The summed E-state index contributed by atoms with van der Waals surface area (Å²) in [6, 6.07) is 0. The standard InChI is InChI=1S/C9H10ClFN2O4/c10-5-2-13(9(16)12-7(5)15)8-6(11)1-4(3-14)17-8/h2,4,6,8,14H,1,3H2,(H,12,15,16)/t4-,6-,8+/m0/s1. The summed E-state index contributed by atoms with van der Waals surface area (Å²) < 4.78 is 19.6. The maximum atomic E-state index is 13.6. The van der Waals surface area contributed by atoms with Gasteiger partial charge in [-0.2, -0.15) is 0 Å². The Morgan fingerprint density at radius 2 is 2.35 bits per heavy atom. The van der Waals surface area contributed by atoms with Crippen LogP contribution in [0.5, 0.6) is 0 Å². The van der Waals surface area contributed by atoms with E-state index in [2.05, 4.69) is 0 Å². The number of hydrogen-bond acceptors (Lipinski definition) is 4. The number of aromatic nitrogens is 2. The number of alkyl halides is 1.